The first-order valence-corrected chi connectivity index (χ1v) is 2.05. The van der Waals surface area contributed by atoms with Gasteiger partial charge < -0.3 is 4.43 Å². The third-order valence-corrected chi connectivity index (χ3v) is 0.816. The van der Waals surface area contributed by atoms with Gasteiger partial charge in [0.1, 0.15) is 0 Å². The number of rotatable bonds is 0. The Morgan fingerprint density at radius 2 is 2.00 bits per heavy atom. The van der Waals surface area contributed by atoms with E-state index in [0.717, 1.165) is 0 Å². The molecule has 1 rings (SSSR count). The molecule has 2 heteroatoms. The minimum atomic E-state index is 0.640. The van der Waals surface area contributed by atoms with Crippen molar-refractivity contribution >= 4 is 9.76 Å². The summed E-state index contributed by atoms with van der Waals surface area (Å²) in [7, 11) is 0.640. The van der Waals surface area contributed by atoms with Crippen molar-refractivity contribution in [2.75, 3.05) is 0 Å². The van der Waals surface area contributed by atoms with Crippen LogP contribution in [0.25, 0.3) is 0 Å². The maximum absolute atomic E-state index is 4.57. The summed E-state index contributed by atoms with van der Waals surface area (Å²) in [5.74, 6) is 0. The summed E-state index contributed by atoms with van der Waals surface area (Å²) in [4.78, 5) is 0. The van der Waals surface area contributed by atoms with Crippen LogP contribution in [-0.4, -0.2) is 9.76 Å². The highest BCUT2D eigenvalue weighted by Crippen LogP contribution is 1.83. The van der Waals surface area contributed by atoms with E-state index in [1.54, 1.807) is 6.26 Å². The van der Waals surface area contributed by atoms with Crippen molar-refractivity contribution in [3.8, 4) is 0 Å². The molecule has 0 bridgehead atoms. The second-order valence-corrected chi connectivity index (χ2v) is 1.34. The Labute approximate surface area is 27.2 Å². The lowest BCUT2D eigenvalue weighted by Gasteiger charge is -1.96. The normalized spacial score (nSPS) is 18.0. The van der Waals surface area contributed by atoms with Gasteiger partial charge in [-0.05, 0) is 5.70 Å². The van der Waals surface area contributed by atoms with E-state index in [1.807, 2.05) is 5.70 Å². The Balaban J connectivity index is 2.47. The molecule has 20 valence electrons. The SMILES string of the molecule is C1=C[Si]O1. The first-order chi connectivity index (χ1) is 2.00. The van der Waals surface area contributed by atoms with E-state index in [2.05, 4.69) is 4.43 Å². The van der Waals surface area contributed by atoms with Crippen molar-refractivity contribution in [1.29, 1.82) is 0 Å². The second-order valence-electron chi connectivity index (χ2n) is 0.538. The van der Waals surface area contributed by atoms with Gasteiger partial charge in [-0.3, -0.25) is 0 Å². The Kier molecular flexibility index (Phi) is 0.305. The minimum Gasteiger partial charge on any atom is -0.542 e. The van der Waals surface area contributed by atoms with Gasteiger partial charge >= 0.3 is 9.76 Å². The fourth-order valence-electron chi connectivity index (χ4n) is 0.0680. The minimum absolute atomic E-state index is 0.640. The highest BCUT2D eigenvalue weighted by molar-refractivity contribution is 6.37. The molecule has 1 heterocycles. The summed E-state index contributed by atoms with van der Waals surface area (Å²) < 4.78 is 4.57. The van der Waals surface area contributed by atoms with Crippen LogP contribution in [0.2, 0.25) is 0 Å². The van der Waals surface area contributed by atoms with Crippen LogP contribution in [0.15, 0.2) is 12.0 Å². The van der Waals surface area contributed by atoms with Gasteiger partial charge in [0.05, 0.1) is 6.26 Å². The van der Waals surface area contributed by atoms with Crippen LogP contribution in [0.4, 0.5) is 0 Å². The van der Waals surface area contributed by atoms with Crippen molar-refractivity contribution in [2.45, 2.75) is 0 Å². The summed E-state index contributed by atoms with van der Waals surface area (Å²) in [5.41, 5.74) is 1.99. The molecule has 0 unspecified atom stereocenters. The Hall–Kier alpha value is -0.243. The Morgan fingerprint density at radius 3 is 2.00 bits per heavy atom. The van der Waals surface area contributed by atoms with Crippen LogP contribution >= 0.6 is 0 Å². The topological polar surface area (TPSA) is 9.23 Å². The number of hydrogen-bond acceptors (Lipinski definition) is 1. The fourth-order valence-corrected chi connectivity index (χ4v) is 0.204. The summed E-state index contributed by atoms with van der Waals surface area (Å²) in [6, 6.07) is 0. The van der Waals surface area contributed by atoms with E-state index in [1.165, 1.54) is 0 Å². The third-order valence-electron chi connectivity index (χ3n) is 0.272. The largest absolute Gasteiger partial charge is 0.542 e. The molecule has 1 aliphatic rings. The van der Waals surface area contributed by atoms with Crippen molar-refractivity contribution in [2.24, 2.45) is 0 Å². The maximum atomic E-state index is 4.57. The van der Waals surface area contributed by atoms with E-state index in [4.69, 9.17) is 0 Å². The van der Waals surface area contributed by atoms with Crippen LogP contribution in [0, 0.1) is 0 Å². The second kappa shape index (κ2) is 0.603. The average molecular weight is 70.1 g/mol. The van der Waals surface area contributed by atoms with Crippen LogP contribution in [0.5, 0.6) is 0 Å². The predicted octanol–water partition coefficient (Wildman–Crippen LogP) is 0.107. The zero-order chi connectivity index (χ0) is 2.83. The van der Waals surface area contributed by atoms with Crippen molar-refractivity contribution in [3.63, 3.8) is 0 Å². The van der Waals surface area contributed by atoms with Gasteiger partial charge in [-0.15, -0.1) is 0 Å². The molecule has 0 amide bonds. The van der Waals surface area contributed by atoms with Gasteiger partial charge in [-0.25, -0.2) is 0 Å². The summed E-state index contributed by atoms with van der Waals surface area (Å²) >= 11 is 0. The molecule has 0 aliphatic carbocycles. The molecular formula is C2H2OSi. The van der Waals surface area contributed by atoms with Crippen molar-refractivity contribution < 1.29 is 4.43 Å². The molecule has 0 atom stereocenters. The highest BCUT2D eigenvalue weighted by atomic mass is 28.2. The van der Waals surface area contributed by atoms with Crippen LogP contribution in [0.1, 0.15) is 0 Å². The van der Waals surface area contributed by atoms with Gasteiger partial charge in [0, 0.05) is 0 Å². The van der Waals surface area contributed by atoms with Crippen LogP contribution in [0.3, 0.4) is 0 Å². The van der Waals surface area contributed by atoms with Crippen molar-refractivity contribution in [1.82, 2.24) is 0 Å². The molecule has 1 aliphatic heterocycles. The zero-order valence-electron chi connectivity index (χ0n) is 2.06. The van der Waals surface area contributed by atoms with Crippen LogP contribution < -0.4 is 0 Å². The molecule has 0 spiro atoms. The highest BCUT2D eigenvalue weighted by Gasteiger charge is 1.86. The summed E-state index contributed by atoms with van der Waals surface area (Å²) in [6.07, 6.45) is 1.69. The molecule has 2 radical (unpaired) electrons. The molecule has 0 fully saturated rings. The molecule has 0 saturated heterocycles. The number of hydrogen-bond donors (Lipinski definition) is 0. The van der Waals surface area contributed by atoms with E-state index in [9.17, 15) is 0 Å². The smallest absolute Gasteiger partial charge is 0.345 e. The first kappa shape index (κ1) is 2.02. The quantitative estimate of drug-likeness (QED) is 0.367. The zero-order valence-corrected chi connectivity index (χ0v) is 3.06. The van der Waals surface area contributed by atoms with E-state index in [-0.39, 0.29) is 0 Å². The summed E-state index contributed by atoms with van der Waals surface area (Å²) in [5, 5.41) is 0. The third kappa shape index (κ3) is 0.0713. The van der Waals surface area contributed by atoms with Gasteiger partial charge in [0.2, 0.25) is 0 Å². The van der Waals surface area contributed by atoms with Gasteiger partial charge in [0.25, 0.3) is 0 Å². The van der Waals surface area contributed by atoms with Crippen LogP contribution in [-0.2, 0) is 4.43 Å². The van der Waals surface area contributed by atoms with Gasteiger partial charge in [0.15, 0.2) is 0 Å². The molecule has 0 saturated carbocycles. The molecule has 0 aromatic carbocycles. The lowest BCUT2D eigenvalue weighted by molar-refractivity contribution is 0.496. The van der Waals surface area contributed by atoms with Gasteiger partial charge in [-0.1, -0.05) is 0 Å². The molecule has 1 nitrogen and oxygen atoms in total. The molecular weight excluding hydrogens is 68.1 g/mol. The maximum Gasteiger partial charge on any atom is 0.345 e. The fraction of sp³-hybridized carbons (Fsp3) is 0. The van der Waals surface area contributed by atoms with E-state index < -0.39 is 0 Å². The predicted molar refractivity (Wildman–Crippen MR) is 16.0 cm³/mol. The van der Waals surface area contributed by atoms with Crippen molar-refractivity contribution in [3.05, 3.63) is 12.0 Å². The Bertz CT molecular complexity index is 35.3. The molecule has 0 aromatic heterocycles. The molecule has 0 aromatic rings. The molecule has 4 heavy (non-hydrogen) atoms. The monoisotopic (exact) mass is 70.0 g/mol. The molecule has 0 N–H and O–H groups in total. The lowest BCUT2D eigenvalue weighted by Crippen LogP contribution is -1.95. The average Bonchev–Trinajstić information content (AvgIpc) is 0.722. The standard InChI is InChI=1S/C2H2OSi/c1-2-4-3-1/h1-2H. The Morgan fingerprint density at radius 1 is 1.75 bits per heavy atom. The summed E-state index contributed by atoms with van der Waals surface area (Å²) in [6.45, 7) is 0. The van der Waals surface area contributed by atoms with E-state index in [0.29, 0.717) is 9.76 Å². The first-order valence-electron chi connectivity index (χ1n) is 1.06. The van der Waals surface area contributed by atoms with Gasteiger partial charge in [-0.2, -0.15) is 0 Å². The van der Waals surface area contributed by atoms with E-state index >= 15 is 0 Å². The lowest BCUT2D eigenvalue weighted by atomic mass is 11.2.